The van der Waals surface area contributed by atoms with Crippen LogP contribution in [0, 0.1) is 0 Å². The monoisotopic (exact) mass is 476 g/mol. The lowest BCUT2D eigenvalue weighted by atomic mass is 10.1. The Kier molecular flexibility index (Phi) is 9.74. The topological polar surface area (TPSA) is 49.4 Å². The molecule has 6 heteroatoms. The number of hydrogen-bond acceptors (Lipinski definition) is 3. The van der Waals surface area contributed by atoms with Crippen LogP contribution in [-0.4, -0.2) is 34.6 Å². The molecule has 0 radical (unpaired) electrons. The van der Waals surface area contributed by atoms with E-state index in [0.717, 1.165) is 21.4 Å². The molecule has 4 nitrogen and oxygen atoms in total. The highest BCUT2D eigenvalue weighted by atomic mass is 79.9. The van der Waals surface area contributed by atoms with Gasteiger partial charge in [0, 0.05) is 34.1 Å². The van der Waals surface area contributed by atoms with Crippen molar-refractivity contribution < 1.29 is 9.59 Å². The van der Waals surface area contributed by atoms with Gasteiger partial charge in [-0.05, 0) is 50.1 Å². The zero-order chi connectivity index (χ0) is 21.2. The van der Waals surface area contributed by atoms with Crippen LogP contribution in [0.2, 0.25) is 0 Å². The van der Waals surface area contributed by atoms with E-state index in [-0.39, 0.29) is 17.9 Å². The van der Waals surface area contributed by atoms with Crippen molar-refractivity contribution in [2.75, 3.05) is 5.75 Å². The Bertz CT molecular complexity index is 800. The summed E-state index contributed by atoms with van der Waals surface area (Å²) in [5.41, 5.74) is 0.992. The molecule has 2 aromatic carbocycles. The SMILES string of the molecule is CC[C@@H](C)NC(=O)[C@H](C)N(Cc1cccc(Br)c1)C(=O)CCSc1ccccc1. The van der Waals surface area contributed by atoms with Gasteiger partial charge < -0.3 is 10.2 Å². The molecule has 0 fully saturated rings. The second-order valence-electron chi connectivity index (χ2n) is 7.06. The molecule has 0 spiro atoms. The van der Waals surface area contributed by atoms with Crippen LogP contribution in [0.15, 0.2) is 64.0 Å². The minimum atomic E-state index is -0.530. The first-order chi connectivity index (χ1) is 13.9. The van der Waals surface area contributed by atoms with E-state index in [1.807, 2.05) is 68.4 Å². The first-order valence-electron chi connectivity index (χ1n) is 9.92. The van der Waals surface area contributed by atoms with Crippen LogP contribution in [0.25, 0.3) is 0 Å². The van der Waals surface area contributed by atoms with Gasteiger partial charge in [-0.25, -0.2) is 0 Å². The van der Waals surface area contributed by atoms with Gasteiger partial charge in [0.05, 0.1) is 0 Å². The van der Waals surface area contributed by atoms with Crippen LogP contribution in [0.3, 0.4) is 0 Å². The standard InChI is InChI=1S/C23H29BrN2O2S/c1-4-17(2)25-23(28)18(3)26(16-19-9-8-10-20(24)15-19)22(27)13-14-29-21-11-6-5-7-12-21/h5-12,15,17-18H,4,13-14,16H2,1-3H3,(H,25,28)/t17-,18+/m1/s1. The van der Waals surface area contributed by atoms with E-state index >= 15 is 0 Å². The molecule has 0 saturated heterocycles. The number of hydrogen-bond donors (Lipinski definition) is 1. The number of thioether (sulfide) groups is 1. The van der Waals surface area contributed by atoms with Crippen molar-refractivity contribution in [3.05, 3.63) is 64.6 Å². The predicted octanol–water partition coefficient (Wildman–Crippen LogP) is 5.26. The van der Waals surface area contributed by atoms with E-state index in [2.05, 4.69) is 21.2 Å². The number of carbonyl (C=O) groups excluding carboxylic acids is 2. The summed E-state index contributed by atoms with van der Waals surface area (Å²) in [5.74, 6) is 0.552. The number of nitrogens with zero attached hydrogens (tertiary/aromatic N) is 1. The Morgan fingerprint density at radius 1 is 1.10 bits per heavy atom. The molecule has 2 amide bonds. The average Bonchev–Trinajstić information content (AvgIpc) is 2.72. The normalized spacial score (nSPS) is 12.8. The molecule has 0 aliphatic heterocycles. The Morgan fingerprint density at radius 2 is 1.83 bits per heavy atom. The van der Waals surface area contributed by atoms with E-state index in [9.17, 15) is 9.59 Å². The zero-order valence-electron chi connectivity index (χ0n) is 17.2. The van der Waals surface area contributed by atoms with Crippen LogP contribution >= 0.6 is 27.7 Å². The molecule has 0 saturated carbocycles. The van der Waals surface area contributed by atoms with Crippen LogP contribution in [0.4, 0.5) is 0 Å². The molecule has 0 aliphatic carbocycles. The number of rotatable bonds is 10. The first-order valence-corrected chi connectivity index (χ1v) is 11.7. The molecule has 0 unspecified atom stereocenters. The van der Waals surface area contributed by atoms with E-state index in [4.69, 9.17) is 0 Å². The molecule has 0 bridgehead atoms. The third-order valence-corrected chi connectivity index (χ3v) is 6.25. The number of halogens is 1. The lowest BCUT2D eigenvalue weighted by molar-refractivity contribution is -0.140. The number of amides is 2. The van der Waals surface area contributed by atoms with Crippen LogP contribution in [0.5, 0.6) is 0 Å². The zero-order valence-corrected chi connectivity index (χ0v) is 19.6. The maximum Gasteiger partial charge on any atom is 0.242 e. The predicted molar refractivity (Wildman–Crippen MR) is 124 cm³/mol. The lowest BCUT2D eigenvalue weighted by Gasteiger charge is -2.29. The molecule has 2 aromatic rings. The summed E-state index contributed by atoms with van der Waals surface area (Å²) in [4.78, 5) is 28.6. The largest absolute Gasteiger partial charge is 0.352 e. The Balaban J connectivity index is 2.07. The van der Waals surface area contributed by atoms with Gasteiger partial charge in [0.15, 0.2) is 0 Å². The maximum atomic E-state index is 13.0. The first kappa shape index (κ1) is 23.5. The van der Waals surface area contributed by atoms with Crippen LogP contribution < -0.4 is 5.32 Å². The average molecular weight is 477 g/mol. The van der Waals surface area contributed by atoms with Crippen LogP contribution in [-0.2, 0) is 16.1 Å². The van der Waals surface area contributed by atoms with E-state index < -0.39 is 6.04 Å². The van der Waals surface area contributed by atoms with Gasteiger partial charge in [-0.2, -0.15) is 0 Å². The summed E-state index contributed by atoms with van der Waals surface area (Å²) < 4.78 is 0.957. The summed E-state index contributed by atoms with van der Waals surface area (Å²) in [6.07, 6.45) is 1.24. The Hall–Kier alpha value is -1.79. The van der Waals surface area contributed by atoms with Gasteiger partial charge in [-0.1, -0.05) is 53.2 Å². The van der Waals surface area contributed by atoms with Gasteiger partial charge in [0.2, 0.25) is 11.8 Å². The molecular formula is C23H29BrN2O2S. The minimum absolute atomic E-state index is 0.0137. The van der Waals surface area contributed by atoms with Gasteiger partial charge in [0.25, 0.3) is 0 Å². The van der Waals surface area contributed by atoms with Crippen LogP contribution in [0.1, 0.15) is 39.2 Å². The molecule has 0 aliphatic rings. The van der Waals surface area contributed by atoms with Crippen molar-refractivity contribution in [2.45, 2.75) is 57.1 Å². The highest BCUT2D eigenvalue weighted by Gasteiger charge is 2.26. The summed E-state index contributed by atoms with van der Waals surface area (Å²) in [6, 6.07) is 17.4. The summed E-state index contributed by atoms with van der Waals surface area (Å²) in [5, 5.41) is 3.00. The van der Waals surface area contributed by atoms with Crippen molar-refractivity contribution in [3.8, 4) is 0 Å². The van der Waals surface area contributed by atoms with E-state index in [1.165, 1.54) is 0 Å². The molecular weight excluding hydrogens is 448 g/mol. The van der Waals surface area contributed by atoms with Crippen molar-refractivity contribution in [3.63, 3.8) is 0 Å². The minimum Gasteiger partial charge on any atom is -0.352 e. The molecule has 2 rings (SSSR count). The molecule has 0 heterocycles. The summed E-state index contributed by atoms with van der Waals surface area (Å²) in [6.45, 7) is 6.21. The quantitative estimate of drug-likeness (QED) is 0.475. The third-order valence-electron chi connectivity index (χ3n) is 4.74. The fourth-order valence-corrected chi connectivity index (χ4v) is 4.11. The second-order valence-corrected chi connectivity index (χ2v) is 9.14. The van der Waals surface area contributed by atoms with E-state index in [1.54, 1.807) is 23.6 Å². The van der Waals surface area contributed by atoms with Crippen molar-refractivity contribution in [1.29, 1.82) is 0 Å². The number of benzene rings is 2. The third kappa shape index (κ3) is 7.86. The van der Waals surface area contributed by atoms with Gasteiger partial charge in [-0.15, -0.1) is 11.8 Å². The summed E-state index contributed by atoms with van der Waals surface area (Å²) >= 11 is 5.13. The fraction of sp³-hybridized carbons (Fsp3) is 0.391. The molecule has 0 aromatic heterocycles. The lowest BCUT2D eigenvalue weighted by Crippen LogP contribution is -2.49. The molecule has 1 N–H and O–H groups in total. The molecule has 156 valence electrons. The van der Waals surface area contributed by atoms with Gasteiger partial charge in [-0.3, -0.25) is 9.59 Å². The van der Waals surface area contributed by atoms with Crippen molar-refractivity contribution in [2.24, 2.45) is 0 Å². The highest BCUT2D eigenvalue weighted by molar-refractivity contribution is 9.10. The van der Waals surface area contributed by atoms with Crippen molar-refractivity contribution >= 4 is 39.5 Å². The van der Waals surface area contributed by atoms with Gasteiger partial charge >= 0.3 is 0 Å². The number of nitrogens with one attached hydrogen (secondary N) is 1. The molecule has 29 heavy (non-hydrogen) atoms. The van der Waals surface area contributed by atoms with Crippen molar-refractivity contribution in [1.82, 2.24) is 10.2 Å². The highest BCUT2D eigenvalue weighted by Crippen LogP contribution is 2.20. The summed E-state index contributed by atoms with van der Waals surface area (Å²) in [7, 11) is 0. The second kappa shape index (κ2) is 12.0. The smallest absolute Gasteiger partial charge is 0.242 e. The molecule has 2 atom stereocenters. The maximum absolute atomic E-state index is 13.0. The Labute approximate surface area is 186 Å². The van der Waals surface area contributed by atoms with Gasteiger partial charge in [0.1, 0.15) is 6.04 Å². The fourth-order valence-electron chi connectivity index (χ4n) is 2.80. The number of carbonyl (C=O) groups is 2. The Morgan fingerprint density at radius 3 is 2.48 bits per heavy atom. The van der Waals surface area contributed by atoms with E-state index in [0.29, 0.717) is 18.7 Å².